The van der Waals surface area contributed by atoms with E-state index in [1.807, 2.05) is 183 Å². The second kappa shape index (κ2) is 44.3. The number of aryl methyl sites for hydroxylation is 1. The summed E-state index contributed by atoms with van der Waals surface area (Å²) in [4.78, 5) is 138. The normalized spacial score (nSPS) is 12.4. The van der Waals surface area contributed by atoms with Crippen LogP contribution >= 0.6 is 0 Å². The van der Waals surface area contributed by atoms with Crippen LogP contribution in [0.15, 0.2) is 348 Å². The van der Waals surface area contributed by atoms with Crippen molar-refractivity contribution in [3.05, 3.63) is 514 Å². The molecular formula is C105H84N12O17. The van der Waals surface area contributed by atoms with Crippen molar-refractivity contribution in [1.82, 2.24) is 59.8 Å². The number of ether oxygens (including phenoxy) is 7. The van der Waals surface area contributed by atoms with Gasteiger partial charge in [0.2, 0.25) is 6.79 Å². The first-order valence-electron chi connectivity index (χ1n) is 41.8. The number of phenolic OH excluding ortho intramolecular Hbond substituents is 2. The Hall–Kier alpha value is -18.5. The first kappa shape index (κ1) is 90.3. The van der Waals surface area contributed by atoms with Gasteiger partial charge in [0.15, 0.2) is 11.5 Å². The van der Waals surface area contributed by atoms with E-state index in [4.69, 9.17) is 33.2 Å². The standard InChI is InChI=1S/C31H25N3O4.C25H19N3O5.C25H21N3O4.C24H19N3O4/c35-30-28(17-22-11-14-26(15-12-22)37-20-23-7-3-1-4-8-23)33-31(36)29(34-30)18-25-13-16-27(19-32-25)38-21-24-9-5-2-6-10-24;29-24-20(10-17-6-9-22-23(11-17)33-15-32-22)27-25(30)21(28-24)12-18-7-8-19(13-26-18)31-14-16-4-2-1-3-5-16;1-16-9-18(11-20(29)10-16)12-22-24(30)28-23(25(31)27-22)13-19-7-8-21(14-26-19)32-15-17-5-3-2-4-6-17;28-19-8-4-7-17(11-19)12-21-23(29)27-22(24(30)26-21)13-18-9-10-20(14-25-18)31-15-16-5-2-1-3-6-16/h1-19H,20-21H2,(H,33,36)(H,34,35);1-13H,14-15H2,(H,27,30)(H,28,29);2-14,29H,15H2,1H3,(H,27,31)(H,28,30);1-14,28H,15H2,(H,26,30)(H,27,29). The number of nitrogens with one attached hydrogen (secondary N) is 8. The lowest BCUT2D eigenvalue weighted by Crippen LogP contribution is -2.46. The van der Waals surface area contributed by atoms with Crippen LogP contribution < -0.4 is 120 Å². The highest BCUT2D eigenvalue weighted by molar-refractivity contribution is 5.58. The molecule has 0 bridgehead atoms. The number of aromatic amines is 8. The molecule has 1 aliphatic rings. The molecule has 0 aliphatic carbocycles. The third kappa shape index (κ3) is 26.3. The summed E-state index contributed by atoms with van der Waals surface area (Å²) in [6, 6.07) is 86.8. The van der Waals surface area contributed by atoms with E-state index in [1.165, 1.54) is 54.7 Å². The first-order valence-corrected chi connectivity index (χ1v) is 41.8. The van der Waals surface area contributed by atoms with Crippen LogP contribution in [0.2, 0.25) is 0 Å². The molecular weight excluding hydrogens is 1700 g/mol. The lowest BCUT2D eigenvalue weighted by atomic mass is 10.1. The van der Waals surface area contributed by atoms with Crippen LogP contribution in [-0.2, 0) is 33.0 Å². The van der Waals surface area contributed by atoms with Gasteiger partial charge >= 0.3 is 0 Å². The maximum atomic E-state index is 12.6. The van der Waals surface area contributed by atoms with Crippen LogP contribution in [0.25, 0.3) is 48.6 Å². The third-order valence-electron chi connectivity index (χ3n) is 19.9. The summed E-state index contributed by atoms with van der Waals surface area (Å²) in [6.07, 6.45) is 18.5. The summed E-state index contributed by atoms with van der Waals surface area (Å²) in [6.45, 7) is 4.17. The van der Waals surface area contributed by atoms with Crippen LogP contribution in [0.3, 0.4) is 0 Å². The number of pyridine rings is 4. The molecule has 666 valence electrons. The molecule has 29 heteroatoms. The number of phenols is 2. The van der Waals surface area contributed by atoms with Crippen molar-refractivity contribution in [2.45, 2.75) is 40.0 Å². The zero-order chi connectivity index (χ0) is 92.9. The van der Waals surface area contributed by atoms with Crippen molar-refractivity contribution >= 4 is 48.6 Å². The zero-order valence-corrected chi connectivity index (χ0v) is 71.6. The lowest BCUT2D eigenvalue weighted by molar-refractivity contribution is 0.174. The predicted molar refractivity (Wildman–Crippen MR) is 507 cm³/mol. The van der Waals surface area contributed by atoms with Crippen molar-refractivity contribution in [3.63, 3.8) is 0 Å². The molecule has 10 N–H and O–H groups in total. The summed E-state index contributed by atoms with van der Waals surface area (Å²) in [5.41, 5.74) is 7.23. The lowest BCUT2D eigenvalue weighted by Gasteiger charge is -2.06. The molecule has 0 atom stereocenters. The number of nitrogens with zero attached hydrogens (tertiary/aromatic N) is 4. The highest BCUT2D eigenvalue weighted by Crippen LogP contribution is 2.33. The van der Waals surface area contributed by atoms with Crippen LogP contribution in [0.5, 0.6) is 51.7 Å². The van der Waals surface area contributed by atoms with Crippen molar-refractivity contribution < 1.29 is 43.4 Å². The van der Waals surface area contributed by atoms with Gasteiger partial charge in [-0.25, -0.2) is 0 Å². The fourth-order valence-electron chi connectivity index (χ4n) is 13.2. The Balaban J connectivity index is 0.000000137. The monoisotopic (exact) mass is 1780 g/mol. The minimum Gasteiger partial charge on any atom is -0.508 e. The Labute approximate surface area is 760 Å². The Kier molecular flexibility index (Phi) is 29.8. The van der Waals surface area contributed by atoms with Gasteiger partial charge in [0, 0.05) is 0 Å². The minimum absolute atomic E-state index is 0.0692. The van der Waals surface area contributed by atoms with Crippen LogP contribution in [0.1, 0.15) is 78.4 Å². The van der Waals surface area contributed by atoms with Gasteiger partial charge in [0.25, 0.3) is 44.5 Å². The molecule has 9 aromatic carbocycles. The largest absolute Gasteiger partial charge is 0.508 e. The summed E-state index contributed by atoms with van der Waals surface area (Å²) in [5.74, 6) is 4.50. The maximum Gasteiger partial charge on any atom is 0.272 e. The fraction of sp³-hybridized carbons (Fsp3) is 0.0667. The Bertz CT molecular complexity index is 7900. The van der Waals surface area contributed by atoms with E-state index in [1.54, 1.807) is 128 Å². The quantitative estimate of drug-likeness (QED) is 0.0292. The highest BCUT2D eigenvalue weighted by atomic mass is 16.7. The average molecular weight is 1790 g/mol. The van der Waals surface area contributed by atoms with E-state index in [-0.39, 0.29) is 61.1 Å². The first-order chi connectivity index (χ1) is 65.3. The minimum atomic E-state index is -0.461. The number of H-pyrrole nitrogens is 8. The van der Waals surface area contributed by atoms with Gasteiger partial charge in [0.05, 0.1) is 47.6 Å². The predicted octanol–water partition coefficient (Wildman–Crippen LogP) is 7.81. The van der Waals surface area contributed by atoms with E-state index < -0.39 is 44.5 Å². The smallest absolute Gasteiger partial charge is 0.272 e. The van der Waals surface area contributed by atoms with Crippen LogP contribution in [0, 0.1) is 6.92 Å². The zero-order valence-electron chi connectivity index (χ0n) is 71.6. The summed E-state index contributed by atoms with van der Waals surface area (Å²) in [5, 5.41) is 20.1. The molecule has 0 saturated carbocycles. The molecule has 0 amide bonds. The summed E-state index contributed by atoms with van der Waals surface area (Å²) in [7, 11) is 0. The van der Waals surface area contributed by atoms with E-state index >= 15 is 0 Å². The van der Waals surface area contributed by atoms with Gasteiger partial charge < -0.3 is 83.2 Å². The van der Waals surface area contributed by atoms with Gasteiger partial charge in [-0.3, -0.25) is 58.3 Å². The molecule has 0 spiro atoms. The van der Waals surface area contributed by atoms with Crippen molar-refractivity contribution in [2.24, 2.45) is 0 Å². The van der Waals surface area contributed by atoms with Gasteiger partial charge in [-0.15, -0.1) is 0 Å². The molecule has 18 rings (SSSR count). The third-order valence-corrected chi connectivity index (χ3v) is 19.9. The molecule has 0 unspecified atom stereocenters. The fourth-order valence-corrected chi connectivity index (χ4v) is 13.2. The summed E-state index contributed by atoms with van der Waals surface area (Å²) >= 11 is 0. The van der Waals surface area contributed by atoms with E-state index in [9.17, 15) is 48.6 Å². The molecule has 1 aliphatic heterocycles. The van der Waals surface area contributed by atoms with Crippen molar-refractivity contribution in [2.75, 3.05) is 6.79 Å². The molecule has 8 aromatic heterocycles. The number of hydrogen-bond donors (Lipinski definition) is 10. The van der Waals surface area contributed by atoms with Gasteiger partial charge in [-0.1, -0.05) is 188 Å². The number of aromatic hydroxyl groups is 2. The summed E-state index contributed by atoms with van der Waals surface area (Å²) < 4.78 is 39.3. The molecule has 17 aromatic rings. The Morgan fingerprint density at radius 2 is 0.537 bits per heavy atom. The van der Waals surface area contributed by atoms with Gasteiger partial charge in [0.1, 0.15) is 116 Å². The van der Waals surface area contributed by atoms with E-state index in [0.29, 0.717) is 113 Å². The van der Waals surface area contributed by atoms with Crippen molar-refractivity contribution in [1.29, 1.82) is 0 Å². The maximum absolute atomic E-state index is 12.6. The number of aromatic nitrogens is 12. The molecule has 0 radical (unpaired) electrons. The average Bonchev–Trinajstić information content (AvgIpc) is 1.22. The Morgan fingerprint density at radius 3 is 0.851 bits per heavy atom. The second-order valence-electron chi connectivity index (χ2n) is 30.0. The highest BCUT2D eigenvalue weighted by Gasteiger charge is 2.14. The number of benzene rings is 9. The number of fused-ring (bicyclic) bond motifs is 1. The van der Waals surface area contributed by atoms with Crippen LogP contribution in [0.4, 0.5) is 0 Å². The molecule has 134 heavy (non-hydrogen) atoms. The topological polar surface area (TPSA) is 420 Å². The van der Waals surface area contributed by atoms with Gasteiger partial charge in [-0.2, -0.15) is 0 Å². The van der Waals surface area contributed by atoms with E-state index in [2.05, 4.69) is 59.8 Å². The molecule has 0 saturated heterocycles. The number of rotatable bonds is 23. The second-order valence-corrected chi connectivity index (χ2v) is 30.0. The molecule has 29 nitrogen and oxygen atoms in total. The SMILES string of the molecule is Cc1cc(O)cc(C=c2[nH]c(=O)c(=Cc3ccc(OCc4ccccc4)cn3)[nH]c2=O)c1.O=c1[nH]c(=Cc2ccc(OCc3ccccc3)cn2)c(=O)[nH]c1=Cc1ccc(OCc2ccccc2)cc1.O=c1[nH]c(=Cc2ccc(OCc3ccccc3)cn2)c(=O)[nH]c1=Cc1ccc2c(c1)OCO2.O=c1[nH]c(=Cc2ccc(OCc3ccccc3)cn2)c(=O)[nH]c1=Cc1cccc(O)c1. The van der Waals surface area contributed by atoms with Crippen LogP contribution in [-0.4, -0.2) is 76.8 Å². The van der Waals surface area contributed by atoms with Gasteiger partial charge in [-0.05, 0) is 208 Å². The molecule has 0 fully saturated rings. The van der Waals surface area contributed by atoms with E-state index in [0.717, 1.165) is 38.9 Å². The molecule has 9 heterocycles. The Morgan fingerprint density at radius 1 is 0.261 bits per heavy atom. The van der Waals surface area contributed by atoms with Crippen molar-refractivity contribution in [3.8, 4) is 51.7 Å². The number of hydrogen-bond acceptors (Lipinski definition) is 21.